The molecule has 0 aromatic heterocycles. The molecule has 0 bridgehead atoms. The number of nitrogens with zero attached hydrogens (tertiary/aromatic N) is 1. The number of aliphatic carboxylic acids is 1. The second-order valence-electron chi connectivity index (χ2n) is 6.46. The maximum atomic E-state index is 11.3. The summed E-state index contributed by atoms with van der Waals surface area (Å²) in [5, 5.41) is 30.5. The van der Waals surface area contributed by atoms with Crippen LogP contribution in [0.5, 0.6) is 0 Å². The highest BCUT2D eigenvalue weighted by Crippen LogP contribution is 2.17. The third-order valence-corrected chi connectivity index (χ3v) is 4.58. The van der Waals surface area contributed by atoms with Crippen molar-refractivity contribution < 1.29 is 19.9 Å². The molecule has 1 heterocycles. The van der Waals surface area contributed by atoms with Crippen molar-refractivity contribution in [3.05, 3.63) is 35.9 Å². The van der Waals surface area contributed by atoms with E-state index < -0.39 is 19.1 Å². The maximum absolute atomic E-state index is 11.3. The van der Waals surface area contributed by atoms with E-state index in [1.165, 1.54) is 5.56 Å². The molecule has 1 aromatic rings. The van der Waals surface area contributed by atoms with Crippen molar-refractivity contribution in [3.63, 3.8) is 0 Å². The third kappa shape index (κ3) is 6.24. The molecule has 0 radical (unpaired) electrons. The minimum atomic E-state index is -1.28. The minimum absolute atomic E-state index is 0.186. The van der Waals surface area contributed by atoms with Gasteiger partial charge in [0.15, 0.2) is 0 Å². The van der Waals surface area contributed by atoms with Gasteiger partial charge in [-0.2, -0.15) is 0 Å². The van der Waals surface area contributed by atoms with E-state index in [9.17, 15) is 9.90 Å². The molecule has 2 rings (SSSR count). The summed E-state index contributed by atoms with van der Waals surface area (Å²) in [4.78, 5) is 13.6. The van der Waals surface area contributed by atoms with Crippen LogP contribution in [0.2, 0.25) is 6.32 Å². The number of rotatable bonds is 7. The first-order valence-corrected chi connectivity index (χ1v) is 8.66. The monoisotopic (exact) mass is 334 g/mol. The molecular formula is C17H27BN2O4. The summed E-state index contributed by atoms with van der Waals surface area (Å²) in [5.74, 6) is -0.795. The van der Waals surface area contributed by atoms with Gasteiger partial charge < -0.3 is 20.5 Å². The first kappa shape index (κ1) is 18.9. The highest BCUT2D eigenvalue weighted by molar-refractivity contribution is 6.40. The zero-order chi connectivity index (χ0) is 17.4. The lowest BCUT2D eigenvalue weighted by atomic mass is 9.83. The molecule has 0 spiro atoms. The van der Waals surface area contributed by atoms with Crippen LogP contribution < -0.4 is 5.32 Å². The van der Waals surface area contributed by atoms with Crippen LogP contribution >= 0.6 is 0 Å². The molecule has 24 heavy (non-hydrogen) atoms. The quantitative estimate of drug-likeness (QED) is 0.555. The van der Waals surface area contributed by atoms with Gasteiger partial charge in [-0.25, -0.2) is 0 Å². The maximum Gasteiger partial charge on any atom is 0.451 e. The summed E-state index contributed by atoms with van der Waals surface area (Å²) in [6.07, 6.45) is 3.31. The molecule has 1 fully saturated rings. The summed E-state index contributed by atoms with van der Waals surface area (Å²) >= 11 is 0. The van der Waals surface area contributed by atoms with Crippen molar-refractivity contribution >= 4 is 13.1 Å². The molecule has 0 saturated carbocycles. The fraction of sp³-hybridized carbons (Fsp3) is 0.588. The van der Waals surface area contributed by atoms with Crippen LogP contribution in [0, 0.1) is 0 Å². The Bertz CT molecular complexity index is 501. The van der Waals surface area contributed by atoms with Gasteiger partial charge >= 0.3 is 13.1 Å². The van der Waals surface area contributed by atoms with E-state index in [1.807, 2.05) is 18.2 Å². The lowest BCUT2D eigenvalue weighted by molar-refractivity contribution is -0.140. The predicted molar refractivity (Wildman–Crippen MR) is 93.5 cm³/mol. The molecule has 1 aliphatic heterocycles. The third-order valence-electron chi connectivity index (χ3n) is 4.58. The lowest BCUT2D eigenvalue weighted by Crippen LogP contribution is -2.50. The molecule has 0 amide bonds. The van der Waals surface area contributed by atoms with E-state index in [0.29, 0.717) is 25.7 Å². The largest absolute Gasteiger partial charge is 0.480 e. The second kappa shape index (κ2) is 9.79. The number of nitrogens with one attached hydrogen (secondary N) is 1. The highest BCUT2D eigenvalue weighted by Gasteiger charge is 2.26. The second-order valence-corrected chi connectivity index (χ2v) is 6.46. The van der Waals surface area contributed by atoms with Crippen LogP contribution in [-0.2, 0) is 11.3 Å². The predicted octanol–water partition coefficient (Wildman–Crippen LogP) is 0.947. The molecule has 0 unspecified atom stereocenters. The summed E-state index contributed by atoms with van der Waals surface area (Å²) in [7, 11) is -1.28. The molecule has 6 nitrogen and oxygen atoms in total. The van der Waals surface area contributed by atoms with Gasteiger partial charge in [0, 0.05) is 19.1 Å². The van der Waals surface area contributed by atoms with Crippen LogP contribution in [0.15, 0.2) is 30.3 Å². The number of hydrogen-bond acceptors (Lipinski definition) is 5. The normalized spacial score (nSPS) is 22.6. The molecule has 1 aromatic carbocycles. The number of carboxylic acid groups (broad SMARTS) is 1. The minimum Gasteiger partial charge on any atom is -0.480 e. The first-order valence-electron chi connectivity index (χ1n) is 8.66. The van der Waals surface area contributed by atoms with E-state index in [0.717, 1.165) is 25.9 Å². The van der Waals surface area contributed by atoms with E-state index in [1.54, 1.807) is 0 Å². The van der Waals surface area contributed by atoms with Crippen molar-refractivity contribution in [1.82, 2.24) is 10.2 Å². The van der Waals surface area contributed by atoms with Gasteiger partial charge in [0.25, 0.3) is 0 Å². The van der Waals surface area contributed by atoms with E-state index in [2.05, 4.69) is 22.3 Å². The average Bonchev–Trinajstić information content (AvgIpc) is 2.53. The zero-order valence-electron chi connectivity index (χ0n) is 14.0. The SMILES string of the molecule is O=C(O)[C@@H]1CCCN(Cc2ccccc2)[C@H](CCCB(O)O)CN1. The fourth-order valence-electron chi connectivity index (χ4n) is 3.25. The summed E-state index contributed by atoms with van der Waals surface area (Å²) < 4.78 is 0. The Morgan fingerprint density at radius 2 is 2.04 bits per heavy atom. The van der Waals surface area contributed by atoms with Gasteiger partial charge in [-0.3, -0.25) is 9.69 Å². The van der Waals surface area contributed by atoms with Gasteiger partial charge in [0.2, 0.25) is 0 Å². The zero-order valence-corrected chi connectivity index (χ0v) is 14.0. The van der Waals surface area contributed by atoms with E-state index in [-0.39, 0.29) is 6.04 Å². The number of hydrogen-bond donors (Lipinski definition) is 4. The smallest absolute Gasteiger partial charge is 0.451 e. The highest BCUT2D eigenvalue weighted by atomic mass is 16.4. The summed E-state index contributed by atoms with van der Waals surface area (Å²) in [6, 6.07) is 9.93. The first-order chi connectivity index (χ1) is 11.6. The van der Waals surface area contributed by atoms with Crippen LogP contribution in [0.4, 0.5) is 0 Å². The number of carbonyl (C=O) groups is 1. The fourth-order valence-corrected chi connectivity index (χ4v) is 3.25. The van der Waals surface area contributed by atoms with Gasteiger partial charge in [0.05, 0.1) is 0 Å². The molecule has 132 valence electrons. The number of carboxylic acids is 1. The van der Waals surface area contributed by atoms with Gasteiger partial charge in [-0.15, -0.1) is 0 Å². The Hall–Kier alpha value is -1.41. The van der Waals surface area contributed by atoms with Crippen molar-refractivity contribution in [2.75, 3.05) is 13.1 Å². The van der Waals surface area contributed by atoms with Crippen molar-refractivity contribution in [2.24, 2.45) is 0 Å². The van der Waals surface area contributed by atoms with Gasteiger partial charge in [-0.1, -0.05) is 36.8 Å². The van der Waals surface area contributed by atoms with Crippen LogP contribution in [-0.4, -0.2) is 58.3 Å². The number of benzene rings is 1. The Morgan fingerprint density at radius 3 is 2.71 bits per heavy atom. The van der Waals surface area contributed by atoms with E-state index in [4.69, 9.17) is 10.0 Å². The molecule has 1 saturated heterocycles. The van der Waals surface area contributed by atoms with Crippen LogP contribution in [0.3, 0.4) is 0 Å². The molecule has 0 aliphatic carbocycles. The molecular weight excluding hydrogens is 307 g/mol. The molecule has 4 N–H and O–H groups in total. The van der Waals surface area contributed by atoms with Gasteiger partial charge in [-0.05, 0) is 37.7 Å². The van der Waals surface area contributed by atoms with E-state index >= 15 is 0 Å². The molecule has 7 heteroatoms. The Kier molecular flexibility index (Phi) is 7.72. The Morgan fingerprint density at radius 1 is 1.29 bits per heavy atom. The van der Waals surface area contributed by atoms with Crippen molar-refractivity contribution in [1.29, 1.82) is 0 Å². The average molecular weight is 334 g/mol. The Labute approximate surface area is 143 Å². The van der Waals surface area contributed by atoms with Crippen LogP contribution in [0.25, 0.3) is 0 Å². The Balaban J connectivity index is 2.01. The summed E-state index contributed by atoms with van der Waals surface area (Å²) in [5.41, 5.74) is 1.24. The van der Waals surface area contributed by atoms with Gasteiger partial charge in [0.1, 0.15) is 6.04 Å². The lowest BCUT2D eigenvalue weighted by Gasteiger charge is -2.35. The van der Waals surface area contributed by atoms with Crippen LogP contribution in [0.1, 0.15) is 31.2 Å². The topological polar surface area (TPSA) is 93.0 Å². The van der Waals surface area contributed by atoms with Crippen molar-refractivity contribution in [2.45, 2.75) is 50.6 Å². The molecule has 1 aliphatic rings. The standard InChI is InChI=1S/C17H27BN2O4/c21-17(22)16-9-5-11-20(13-14-6-2-1-3-7-14)15(12-19-16)8-4-10-18(23)24/h1-3,6-7,15-16,19,23-24H,4-5,8-13H2,(H,21,22)/t15-,16+/m1/s1. The summed E-state index contributed by atoms with van der Waals surface area (Å²) in [6.45, 7) is 2.28. The molecule has 2 atom stereocenters. The van der Waals surface area contributed by atoms with Crippen molar-refractivity contribution in [3.8, 4) is 0 Å².